The second-order valence-electron chi connectivity index (χ2n) is 10.8. The van der Waals surface area contributed by atoms with Crippen molar-refractivity contribution in [2.75, 3.05) is 13.1 Å². The van der Waals surface area contributed by atoms with Crippen molar-refractivity contribution in [3.05, 3.63) is 24.3 Å². The largest absolute Gasteiger partial charge is 0.355 e. The standard InChI is InChI=1S/C29H50N2O3/c1-7-9-11-13-23-15-16-26(28(33)30-19-21(3)4)25(14-12-10-8-2)24(23)17-18-27(32)29(34)31-20-22(5)6/h15-18,21-26H,7-14,19-20H2,1-6H3,(H,30,33)(H,31,34)/b18-17+/t23-,24-,25+,26+/m1/s1. The lowest BCUT2D eigenvalue weighted by molar-refractivity contribution is -0.135. The van der Waals surface area contributed by atoms with Gasteiger partial charge in [-0.05, 0) is 48.5 Å². The minimum Gasteiger partial charge on any atom is -0.355 e. The van der Waals surface area contributed by atoms with E-state index >= 15 is 0 Å². The minimum absolute atomic E-state index is 0.0790. The number of hydrogen-bond donors (Lipinski definition) is 2. The molecule has 5 nitrogen and oxygen atoms in total. The van der Waals surface area contributed by atoms with Crippen molar-refractivity contribution in [3.63, 3.8) is 0 Å². The number of rotatable bonds is 16. The maximum Gasteiger partial charge on any atom is 0.291 e. The Morgan fingerprint density at radius 2 is 1.41 bits per heavy atom. The van der Waals surface area contributed by atoms with Crippen LogP contribution in [0.25, 0.3) is 0 Å². The van der Waals surface area contributed by atoms with Gasteiger partial charge in [0.1, 0.15) is 0 Å². The normalized spacial score (nSPS) is 22.5. The molecule has 1 aliphatic carbocycles. The Labute approximate surface area is 208 Å². The van der Waals surface area contributed by atoms with E-state index in [1.54, 1.807) is 0 Å². The number of nitrogens with one attached hydrogen (secondary N) is 2. The molecule has 34 heavy (non-hydrogen) atoms. The first kappa shape index (κ1) is 30.1. The molecule has 1 rings (SSSR count). The maximum absolute atomic E-state index is 13.1. The highest BCUT2D eigenvalue weighted by atomic mass is 16.2. The number of unbranched alkanes of at least 4 members (excludes halogenated alkanes) is 4. The summed E-state index contributed by atoms with van der Waals surface area (Å²) >= 11 is 0. The summed E-state index contributed by atoms with van der Waals surface area (Å²) in [5.41, 5.74) is 0. The van der Waals surface area contributed by atoms with E-state index in [9.17, 15) is 14.4 Å². The number of carbonyl (C=O) groups excluding carboxylic acids is 3. The number of carbonyl (C=O) groups is 3. The highest BCUT2D eigenvalue weighted by molar-refractivity contribution is 6.40. The Morgan fingerprint density at radius 3 is 2.00 bits per heavy atom. The number of ketones is 1. The molecule has 0 unspecified atom stereocenters. The Morgan fingerprint density at radius 1 is 0.824 bits per heavy atom. The van der Waals surface area contributed by atoms with Gasteiger partial charge in [0.05, 0.1) is 5.92 Å². The first-order valence-corrected chi connectivity index (χ1v) is 13.7. The van der Waals surface area contributed by atoms with Crippen LogP contribution in [0.1, 0.15) is 92.9 Å². The Kier molecular flexibility index (Phi) is 14.8. The van der Waals surface area contributed by atoms with Crippen molar-refractivity contribution in [2.24, 2.45) is 35.5 Å². The van der Waals surface area contributed by atoms with Crippen LogP contribution >= 0.6 is 0 Å². The molecular weight excluding hydrogens is 424 g/mol. The van der Waals surface area contributed by atoms with E-state index in [2.05, 4.69) is 50.5 Å². The molecule has 0 aromatic rings. The Hall–Kier alpha value is -1.91. The van der Waals surface area contributed by atoms with Gasteiger partial charge in [0, 0.05) is 13.1 Å². The Bertz CT molecular complexity index is 681. The minimum atomic E-state index is -0.549. The summed E-state index contributed by atoms with van der Waals surface area (Å²) in [6.07, 6.45) is 16.5. The summed E-state index contributed by atoms with van der Waals surface area (Å²) in [5, 5.41) is 5.84. The molecule has 0 spiro atoms. The fourth-order valence-electron chi connectivity index (χ4n) is 4.66. The smallest absolute Gasteiger partial charge is 0.291 e. The first-order chi connectivity index (χ1) is 16.2. The van der Waals surface area contributed by atoms with Gasteiger partial charge in [-0.25, -0.2) is 0 Å². The molecule has 0 bridgehead atoms. The molecule has 194 valence electrons. The first-order valence-electron chi connectivity index (χ1n) is 13.7. The quantitative estimate of drug-likeness (QED) is 0.127. The third-order valence-electron chi connectivity index (χ3n) is 6.65. The third kappa shape index (κ3) is 11.0. The van der Waals surface area contributed by atoms with E-state index in [4.69, 9.17) is 0 Å². The van der Waals surface area contributed by atoms with Crippen LogP contribution in [-0.4, -0.2) is 30.7 Å². The molecule has 0 saturated carbocycles. The van der Waals surface area contributed by atoms with Crippen LogP contribution < -0.4 is 10.6 Å². The van der Waals surface area contributed by atoms with Gasteiger partial charge in [0.2, 0.25) is 11.7 Å². The average Bonchev–Trinajstić information content (AvgIpc) is 2.80. The SMILES string of the molecule is CCCCC[C@H]1[C@H](/C=C/C(=O)C(=O)NCC(C)C)[C@H](CCCCC)C=C[C@@H]1C(=O)NCC(C)C. The summed E-state index contributed by atoms with van der Waals surface area (Å²) in [4.78, 5) is 37.9. The second kappa shape index (κ2) is 16.7. The van der Waals surface area contributed by atoms with E-state index in [0.717, 1.165) is 44.9 Å². The van der Waals surface area contributed by atoms with E-state index < -0.39 is 11.7 Å². The van der Waals surface area contributed by atoms with Crippen LogP contribution in [0.2, 0.25) is 0 Å². The molecule has 0 aromatic heterocycles. The molecule has 5 heteroatoms. The fourth-order valence-corrected chi connectivity index (χ4v) is 4.66. The third-order valence-corrected chi connectivity index (χ3v) is 6.65. The molecule has 4 atom stereocenters. The van der Waals surface area contributed by atoms with E-state index in [0.29, 0.717) is 24.9 Å². The molecule has 2 amide bonds. The van der Waals surface area contributed by atoms with Gasteiger partial charge in [0.25, 0.3) is 5.91 Å². The average molecular weight is 475 g/mol. The number of hydrogen-bond acceptors (Lipinski definition) is 3. The second-order valence-corrected chi connectivity index (χ2v) is 10.8. The van der Waals surface area contributed by atoms with Crippen molar-refractivity contribution in [1.29, 1.82) is 0 Å². The number of allylic oxidation sites excluding steroid dienone is 2. The van der Waals surface area contributed by atoms with Gasteiger partial charge in [-0.15, -0.1) is 0 Å². The Balaban J connectivity index is 3.14. The number of amides is 2. The zero-order chi connectivity index (χ0) is 25.5. The predicted octanol–water partition coefficient (Wildman–Crippen LogP) is 5.85. The van der Waals surface area contributed by atoms with E-state index in [1.807, 2.05) is 19.9 Å². The van der Waals surface area contributed by atoms with Crippen LogP contribution in [0.15, 0.2) is 24.3 Å². The van der Waals surface area contributed by atoms with Gasteiger partial charge >= 0.3 is 0 Å². The monoisotopic (exact) mass is 474 g/mol. The molecule has 0 fully saturated rings. The summed E-state index contributed by atoms with van der Waals surface area (Å²) in [5.74, 6) is 0.0249. The van der Waals surface area contributed by atoms with E-state index in [-0.39, 0.29) is 29.6 Å². The maximum atomic E-state index is 13.1. The zero-order valence-corrected chi connectivity index (χ0v) is 22.6. The lowest BCUT2D eigenvalue weighted by Crippen LogP contribution is -2.41. The van der Waals surface area contributed by atoms with Crippen LogP contribution in [0.4, 0.5) is 0 Å². The predicted molar refractivity (Wildman–Crippen MR) is 141 cm³/mol. The van der Waals surface area contributed by atoms with Gasteiger partial charge in [0.15, 0.2) is 0 Å². The van der Waals surface area contributed by atoms with Crippen molar-refractivity contribution < 1.29 is 14.4 Å². The van der Waals surface area contributed by atoms with E-state index in [1.165, 1.54) is 12.5 Å². The van der Waals surface area contributed by atoms with Gasteiger partial charge in [-0.2, -0.15) is 0 Å². The molecular formula is C29H50N2O3. The molecule has 0 saturated heterocycles. The summed E-state index contributed by atoms with van der Waals surface area (Å²) in [6, 6.07) is 0. The fraction of sp³-hybridized carbons (Fsp3) is 0.759. The topological polar surface area (TPSA) is 75.3 Å². The molecule has 0 heterocycles. The highest BCUT2D eigenvalue weighted by Gasteiger charge is 2.37. The van der Waals surface area contributed by atoms with Crippen LogP contribution in [0.3, 0.4) is 0 Å². The van der Waals surface area contributed by atoms with Crippen LogP contribution in [0.5, 0.6) is 0 Å². The van der Waals surface area contributed by atoms with Gasteiger partial charge in [-0.1, -0.05) is 98.3 Å². The van der Waals surface area contributed by atoms with Crippen molar-refractivity contribution in [1.82, 2.24) is 10.6 Å². The van der Waals surface area contributed by atoms with Crippen molar-refractivity contribution >= 4 is 17.6 Å². The molecule has 1 aliphatic rings. The molecule has 0 aliphatic heterocycles. The van der Waals surface area contributed by atoms with Crippen LogP contribution in [0, 0.1) is 35.5 Å². The van der Waals surface area contributed by atoms with Gasteiger partial charge in [-0.3, -0.25) is 14.4 Å². The summed E-state index contributed by atoms with van der Waals surface area (Å²) in [6.45, 7) is 13.7. The molecule has 0 aromatic carbocycles. The lowest BCUT2D eigenvalue weighted by Gasteiger charge is -2.38. The molecule has 0 radical (unpaired) electrons. The van der Waals surface area contributed by atoms with Crippen LogP contribution in [-0.2, 0) is 14.4 Å². The summed E-state index contributed by atoms with van der Waals surface area (Å²) in [7, 11) is 0. The molecule has 2 N–H and O–H groups in total. The van der Waals surface area contributed by atoms with Gasteiger partial charge < -0.3 is 10.6 Å². The lowest BCUT2D eigenvalue weighted by atomic mass is 9.66. The zero-order valence-electron chi connectivity index (χ0n) is 22.6. The van der Waals surface area contributed by atoms with Crippen molar-refractivity contribution in [2.45, 2.75) is 92.9 Å². The summed E-state index contributed by atoms with van der Waals surface area (Å²) < 4.78 is 0. The highest BCUT2D eigenvalue weighted by Crippen LogP contribution is 2.41. The van der Waals surface area contributed by atoms with Crippen molar-refractivity contribution in [3.8, 4) is 0 Å².